The van der Waals surface area contributed by atoms with E-state index in [-0.39, 0.29) is 6.17 Å². The SMILES string of the molecule is NC1=C2C(c3ccc4cc[nH]c4c3)=NN(C3CCCC3)C2NC=N1. The van der Waals surface area contributed by atoms with Crippen LogP contribution in [-0.2, 0) is 0 Å². The minimum atomic E-state index is -0.0000567. The molecule has 2 aromatic rings. The molecule has 5 rings (SSSR count). The van der Waals surface area contributed by atoms with Crippen molar-refractivity contribution in [1.29, 1.82) is 0 Å². The minimum Gasteiger partial charge on any atom is -0.383 e. The summed E-state index contributed by atoms with van der Waals surface area (Å²) in [5.74, 6) is 0.560. The van der Waals surface area contributed by atoms with Crippen molar-refractivity contribution in [3.63, 3.8) is 0 Å². The van der Waals surface area contributed by atoms with Gasteiger partial charge in [-0.15, -0.1) is 0 Å². The Balaban J connectivity index is 1.63. The minimum absolute atomic E-state index is 0.0000567. The van der Waals surface area contributed by atoms with E-state index in [1.807, 2.05) is 6.20 Å². The second-order valence-electron chi connectivity index (χ2n) is 6.67. The van der Waals surface area contributed by atoms with Crippen molar-refractivity contribution in [2.75, 3.05) is 0 Å². The third-order valence-corrected chi connectivity index (χ3v) is 5.25. The molecule has 24 heavy (non-hydrogen) atoms. The molecule has 1 aromatic heterocycles. The lowest BCUT2D eigenvalue weighted by Crippen LogP contribution is -2.47. The molecule has 4 N–H and O–H groups in total. The topological polar surface area (TPSA) is 81.8 Å². The number of nitrogens with two attached hydrogens (primary N) is 1. The number of hydrazone groups is 1. The molecule has 0 radical (unpaired) electrons. The quantitative estimate of drug-likeness (QED) is 0.794. The van der Waals surface area contributed by atoms with Crippen LogP contribution >= 0.6 is 0 Å². The molecule has 0 spiro atoms. The van der Waals surface area contributed by atoms with Gasteiger partial charge in [0.15, 0.2) is 0 Å². The van der Waals surface area contributed by atoms with Crippen molar-refractivity contribution >= 4 is 23.0 Å². The molecule has 1 saturated carbocycles. The maximum absolute atomic E-state index is 6.23. The lowest BCUT2D eigenvalue weighted by Gasteiger charge is -2.31. The van der Waals surface area contributed by atoms with E-state index in [2.05, 4.69) is 44.6 Å². The first kappa shape index (κ1) is 13.7. The van der Waals surface area contributed by atoms with Crippen LogP contribution in [0.4, 0.5) is 0 Å². The first-order valence-electron chi connectivity index (χ1n) is 8.54. The van der Waals surface area contributed by atoms with Gasteiger partial charge in [0.05, 0.1) is 11.9 Å². The van der Waals surface area contributed by atoms with Gasteiger partial charge in [-0.05, 0) is 30.4 Å². The van der Waals surface area contributed by atoms with E-state index in [4.69, 9.17) is 10.8 Å². The van der Waals surface area contributed by atoms with Crippen molar-refractivity contribution in [3.8, 4) is 0 Å². The summed E-state index contributed by atoms with van der Waals surface area (Å²) >= 11 is 0. The van der Waals surface area contributed by atoms with E-state index >= 15 is 0 Å². The number of aromatic amines is 1. The van der Waals surface area contributed by atoms with E-state index in [9.17, 15) is 0 Å². The molecule has 0 amide bonds. The van der Waals surface area contributed by atoms with Crippen LogP contribution in [0.25, 0.3) is 10.9 Å². The standard InChI is InChI=1S/C18H20N6/c19-17-15-16(12-6-5-11-7-8-20-14(11)9-12)23-24(13-3-1-2-4-13)18(15)22-10-21-17/h5-10,13,18,20H,1-4,19H2,(H,21,22). The van der Waals surface area contributed by atoms with Crippen molar-refractivity contribution in [1.82, 2.24) is 15.3 Å². The summed E-state index contributed by atoms with van der Waals surface area (Å²) in [4.78, 5) is 7.54. The number of nitrogens with one attached hydrogen (secondary N) is 2. The third kappa shape index (κ3) is 1.95. The predicted octanol–water partition coefficient (Wildman–Crippen LogP) is 2.26. The Hall–Kier alpha value is -2.76. The molecule has 3 aliphatic rings. The molecule has 6 nitrogen and oxygen atoms in total. The predicted molar refractivity (Wildman–Crippen MR) is 95.6 cm³/mol. The number of fused-ring (bicyclic) bond motifs is 2. The molecule has 3 heterocycles. The highest BCUT2D eigenvalue weighted by Gasteiger charge is 2.40. The van der Waals surface area contributed by atoms with Gasteiger partial charge in [-0.2, -0.15) is 5.10 Å². The first-order valence-corrected chi connectivity index (χ1v) is 8.54. The second kappa shape index (κ2) is 5.12. The van der Waals surface area contributed by atoms with Crippen LogP contribution in [0, 0.1) is 0 Å². The number of benzene rings is 1. The van der Waals surface area contributed by atoms with Gasteiger partial charge < -0.3 is 16.0 Å². The summed E-state index contributed by atoms with van der Waals surface area (Å²) in [6.07, 6.45) is 8.58. The van der Waals surface area contributed by atoms with E-state index in [0.717, 1.165) is 22.4 Å². The second-order valence-corrected chi connectivity index (χ2v) is 6.67. The van der Waals surface area contributed by atoms with Gasteiger partial charge in [-0.3, -0.25) is 5.01 Å². The Labute approximate surface area is 140 Å². The Kier molecular flexibility index (Phi) is 2.92. The monoisotopic (exact) mass is 320 g/mol. The van der Waals surface area contributed by atoms with Gasteiger partial charge in [0.2, 0.25) is 0 Å². The zero-order chi connectivity index (χ0) is 16.1. The van der Waals surface area contributed by atoms with E-state index in [1.54, 1.807) is 6.34 Å². The fourth-order valence-electron chi connectivity index (χ4n) is 4.03. The zero-order valence-electron chi connectivity index (χ0n) is 13.4. The van der Waals surface area contributed by atoms with E-state index < -0.39 is 0 Å². The summed E-state index contributed by atoms with van der Waals surface area (Å²) in [6.45, 7) is 0. The van der Waals surface area contributed by atoms with Crippen molar-refractivity contribution in [2.45, 2.75) is 37.9 Å². The molecule has 0 saturated heterocycles. The average molecular weight is 320 g/mol. The number of hydrogen-bond acceptors (Lipinski definition) is 5. The maximum atomic E-state index is 6.23. The largest absolute Gasteiger partial charge is 0.383 e. The van der Waals surface area contributed by atoms with Crippen LogP contribution in [0.5, 0.6) is 0 Å². The first-order chi connectivity index (χ1) is 11.8. The lowest BCUT2D eigenvalue weighted by molar-refractivity contribution is 0.167. The Morgan fingerprint density at radius 1 is 1.17 bits per heavy atom. The highest BCUT2D eigenvalue weighted by atomic mass is 15.6. The Bertz CT molecular complexity index is 884. The molecule has 1 fully saturated rings. The van der Waals surface area contributed by atoms with Crippen LogP contribution in [0.3, 0.4) is 0 Å². The Morgan fingerprint density at radius 3 is 2.92 bits per heavy atom. The van der Waals surface area contributed by atoms with Gasteiger partial charge in [0.1, 0.15) is 17.7 Å². The molecule has 122 valence electrons. The number of H-pyrrole nitrogens is 1. The number of aromatic nitrogens is 1. The zero-order valence-corrected chi connectivity index (χ0v) is 13.4. The summed E-state index contributed by atoms with van der Waals surface area (Å²) in [5.41, 5.74) is 10.3. The van der Waals surface area contributed by atoms with Gasteiger partial charge >= 0.3 is 0 Å². The van der Waals surface area contributed by atoms with Crippen molar-refractivity contribution < 1.29 is 0 Å². The van der Waals surface area contributed by atoms with Gasteiger partial charge in [0, 0.05) is 23.3 Å². The molecule has 2 aliphatic heterocycles. The number of hydrogen-bond donors (Lipinski definition) is 3. The number of aliphatic imine (C=N–C) groups is 1. The summed E-state index contributed by atoms with van der Waals surface area (Å²) in [5, 5.41) is 11.7. The van der Waals surface area contributed by atoms with E-state index in [1.165, 1.54) is 31.1 Å². The van der Waals surface area contributed by atoms with Gasteiger partial charge in [0.25, 0.3) is 0 Å². The molecule has 1 unspecified atom stereocenters. The number of nitrogens with zero attached hydrogens (tertiary/aromatic N) is 3. The molecule has 1 aromatic carbocycles. The molecular formula is C18H20N6. The number of rotatable bonds is 2. The fraction of sp³-hybridized carbons (Fsp3) is 0.333. The van der Waals surface area contributed by atoms with Crippen LogP contribution in [0.15, 0.2) is 52.0 Å². The summed E-state index contributed by atoms with van der Waals surface area (Å²) in [7, 11) is 0. The lowest BCUT2D eigenvalue weighted by atomic mass is 9.99. The maximum Gasteiger partial charge on any atom is 0.148 e. The normalized spacial score (nSPS) is 23.8. The van der Waals surface area contributed by atoms with Crippen molar-refractivity contribution in [3.05, 3.63) is 47.4 Å². The molecule has 6 heteroatoms. The van der Waals surface area contributed by atoms with Crippen LogP contribution < -0.4 is 11.1 Å². The average Bonchev–Trinajstić information content (AvgIpc) is 3.33. The molecule has 1 atom stereocenters. The van der Waals surface area contributed by atoms with Crippen LogP contribution in [-0.4, -0.2) is 34.3 Å². The summed E-state index contributed by atoms with van der Waals surface area (Å²) in [6, 6.07) is 8.92. The highest BCUT2D eigenvalue weighted by molar-refractivity contribution is 6.16. The highest BCUT2D eigenvalue weighted by Crippen LogP contribution is 2.34. The van der Waals surface area contributed by atoms with Gasteiger partial charge in [-0.25, -0.2) is 4.99 Å². The molecule has 0 bridgehead atoms. The molecule has 1 aliphatic carbocycles. The van der Waals surface area contributed by atoms with Crippen LogP contribution in [0.1, 0.15) is 31.2 Å². The van der Waals surface area contributed by atoms with Crippen molar-refractivity contribution in [2.24, 2.45) is 15.8 Å². The third-order valence-electron chi connectivity index (χ3n) is 5.25. The molecular weight excluding hydrogens is 300 g/mol. The Morgan fingerprint density at radius 2 is 2.04 bits per heavy atom. The fourth-order valence-corrected chi connectivity index (χ4v) is 4.03. The smallest absolute Gasteiger partial charge is 0.148 e. The van der Waals surface area contributed by atoms with E-state index in [0.29, 0.717) is 11.9 Å². The van der Waals surface area contributed by atoms with Crippen LogP contribution in [0.2, 0.25) is 0 Å². The van der Waals surface area contributed by atoms with Gasteiger partial charge in [-0.1, -0.05) is 25.0 Å². The summed E-state index contributed by atoms with van der Waals surface area (Å²) < 4.78 is 0.